The monoisotopic (exact) mass is 281 g/mol. The van der Waals surface area contributed by atoms with Crippen LogP contribution in [0.1, 0.15) is 12.0 Å². The van der Waals surface area contributed by atoms with E-state index < -0.39 is 11.7 Å². The van der Waals surface area contributed by atoms with Gasteiger partial charge in [-0.3, -0.25) is 4.98 Å². The molecule has 0 spiro atoms. The van der Waals surface area contributed by atoms with Crippen LogP contribution in [-0.4, -0.2) is 24.1 Å². The summed E-state index contributed by atoms with van der Waals surface area (Å²) in [6.07, 6.45) is -2.01. The number of fused-ring (bicyclic) bond motifs is 1. The minimum atomic E-state index is -4.39. The van der Waals surface area contributed by atoms with Gasteiger partial charge in [0.05, 0.1) is 11.1 Å². The second-order valence-corrected chi connectivity index (χ2v) is 4.89. The van der Waals surface area contributed by atoms with Gasteiger partial charge in [0.25, 0.3) is 0 Å². The predicted octanol–water partition coefficient (Wildman–Crippen LogP) is 3.03. The highest BCUT2D eigenvalue weighted by Crippen LogP contribution is 2.35. The number of alkyl halides is 3. The maximum atomic E-state index is 13.0. The van der Waals surface area contributed by atoms with E-state index >= 15 is 0 Å². The number of para-hydroxylation sites is 1. The summed E-state index contributed by atoms with van der Waals surface area (Å²) in [4.78, 5) is 3.91. The summed E-state index contributed by atoms with van der Waals surface area (Å²) in [5.74, 6) is 0. The number of aromatic nitrogens is 1. The van der Waals surface area contributed by atoms with Crippen LogP contribution in [0.4, 0.5) is 18.9 Å². The molecule has 20 heavy (non-hydrogen) atoms. The molecule has 1 atom stereocenters. The maximum absolute atomic E-state index is 13.0. The highest BCUT2D eigenvalue weighted by molar-refractivity contribution is 5.93. The standard InChI is InChI=1S/C14H14F3N3/c15-14(16,17)11-3-1-2-10-12(5-7-19-13(10)11)20-9-4-6-18-8-9/h1-3,5,7,9,18H,4,6,8H2,(H,19,20)/t9-/m0/s1. The first-order valence-electron chi connectivity index (χ1n) is 6.48. The van der Waals surface area contributed by atoms with Gasteiger partial charge in [-0.25, -0.2) is 0 Å². The lowest BCUT2D eigenvalue weighted by Crippen LogP contribution is -2.22. The molecular formula is C14H14F3N3. The Bertz CT molecular complexity index is 619. The number of hydrogen-bond donors (Lipinski definition) is 2. The number of anilines is 1. The Hall–Kier alpha value is -1.82. The van der Waals surface area contributed by atoms with Crippen molar-refractivity contribution in [2.75, 3.05) is 18.4 Å². The molecule has 0 amide bonds. The Kier molecular flexibility index (Phi) is 3.25. The highest BCUT2D eigenvalue weighted by Gasteiger charge is 2.33. The third-order valence-corrected chi connectivity index (χ3v) is 3.50. The second-order valence-electron chi connectivity index (χ2n) is 4.89. The summed E-state index contributed by atoms with van der Waals surface area (Å²) in [7, 11) is 0. The van der Waals surface area contributed by atoms with Gasteiger partial charge in [-0.2, -0.15) is 13.2 Å². The fourth-order valence-corrected chi connectivity index (χ4v) is 2.53. The molecule has 6 heteroatoms. The van der Waals surface area contributed by atoms with Gasteiger partial charge in [0.15, 0.2) is 0 Å². The van der Waals surface area contributed by atoms with Gasteiger partial charge in [-0.15, -0.1) is 0 Å². The lowest BCUT2D eigenvalue weighted by Gasteiger charge is -2.16. The van der Waals surface area contributed by atoms with Crippen LogP contribution in [0.3, 0.4) is 0 Å². The minimum Gasteiger partial charge on any atom is -0.380 e. The molecule has 0 aliphatic carbocycles. The first-order chi connectivity index (χ1) is 9.55. The molecule has 3 rings (SSSR count). The van der Waals surface area contributed by atoms with E-state index in [1.54, 1.807) is 12.1 Å². The van der Waals surface area contributed by atoms with Crippen molar-refractivity contribution in [2.24, 2.45) is 0 Å². The van der Waals surface area contributed by atoms with Crippen molar-refractivity contribution >= 4 is 16.6 Å². The molecule has 1 fully saturated rings. The van der Waals surface area contributed by atoms with Gasteiger partial charge in [-0.05, 0) is 25.1 Å². The summed E-state index contributed by atoms with van der Waals surface area (Å²) in [6, 6.07) is 6.12. The molecule has 0 saturated carbocycles. The van der Waals surface area contributed by atoms with Crippen LogP contribution < -0.4 is 10.6 Å². The molecule has 0 bridgehead atoms. The number of halogens is 3. The average molecular weight is 281 g/mol. The van der Waals surface area contributed by atoms with E-state index in [2.05, 4.69) is 15.6 Å². The van der Waals surface area contributed by atoms with Crippen molar-refractivity contribution in [3.63, 3.8) is 0 Å². The minimum absolute atomic E-state index is 0.00374. The van der Waals surface area contributed by atoms with Gasteiger partial charge in [0.2, 0.25) is 0 Å². The number of hydrogen-bond acceptors (Lipinski definition) is 3. The number of nitrogens with one attached hydrogen (secondary N) is 2. The SMILES string of the molecule is FC(F)(F)c1cccc2c(N[C@H]3CCNC3)ccnc12. The predicted molar refractivity (Wildman–Crippen MR) is 71.6 cm³/mol. The fraction of sp³-hybridized carbons (Fsp3) is 0.357. The van der Waals surface area contributed by atoms with Crippen LogP contribution in [0.5, 0.6) is 0 Å². The first-order valence-corrected chi connectivity index (χ1v) is 6.48. The molecule has 3 nitrogen and oxygen atoms in total. The van der Waals surface area contributed by atoms with Crippen molar-refractivity contribution in [1.29, 1.82) is 0 Å². The van der Waals surface area contributed by atoms with Crippen LogP contribution in [0.25, 0.3) is 10.9 Å². The molecule has 1 aliphatic rings. The molecule has 2 aromatic rings. The zero-order chi connectivity index (χ0) is 14.2. The van der Waals surface area contributed by atoms with E-state index in [4.69, 9.17) is 0 Å². The van der Waals surface area contributed by atoms with Crippen molar-refractivity contribution in [3.8, 4) is 0 Å². The molecule has 2 heterocycles. The summed E-state index contributed by atoms with van der Waals surface area (Å²) in [6.45, 7) is 1.75. The van der Waals surface area contributed by atoms with E-state index in [9.17, 15) is 13.2 Å². The van der Waals surface area contributed by atoms with Crippen LogP contribution in [0.2, 0.25) is 0 Å². The van der Waals surface area contributed by atoms with E-state index in [0.29, 0.717) is 11.1 Å². The van der Waals surface area contributed by atoms with Crippen molar-refractivity contribution < 1.29 is 13.2 Å². The van der Waals surface area contributed by atoms with E-state index in [1.807, 2.05) is 0 Å². The summed E-state index contributed by atoms with van der Waals surface area (Å²) in [5, 5.41) is 7.02. The number of nitrogens with zero attached hydrogens (tertiary/aromatic N) is 1. The molecule has 1 aromatic carbocycles. The van der Waals surface area contributed by atoms with Gasteiger partial charge >= 0.3 is 6.18 Å². The molecule has 1 aromatic heterocycles. The fourth-order valence-electron chi connectivity index (χ4n) is 2.53. The summed E-state index contributed by atoms with van der Waals surface area (Å²) < 4.78 is 39.0. The lowest BCUT2D eigenvalue weighted by atomic mass is 10.1. The Morgan fingerprint density at radius 1 is 1.25 bits per heavy atom. The molecule has 1 aliphatic heterocycles. The third-order valence-electron chi connectivity index (χ3n) is 3.50. The zero-order valence-electron chi connectivity index (χ0n) is 10.7. The van der Waals surface area contributed by atoms with Crippen LogP contribution in [0, 0.1) is 0 Å². The highest BCUT2D eigenvalue weighted by atomic mass is 19.4. The first kappa shape index (κ1) is 13.2. The zero-order valence-corrected chi connectivity index (χ0v) is 10.7. The average Bonchev–Trinajstić information content (AvgIpc) is 2.90. The Morgan fingerprint density at radius 2 is 2.10 bits per heavy atom. The third kappa shape index (κ3) is 2.43. The Labute approximate surface area is 114 Å². The number of benzene rings is 1. The van der Waals surface area contributed by atoms with E-state index in [0.717, 1.165) is 25.6 Å². The van der Waals surface area contributed by atoms with Gasteiger partial charge in [-0.1, -0.05) is 12.1 Å². The maximum Gasteiger partial charge on any atom is 0.418 e. The normalized spacial score (nSPS) is 19.4. The Morgan fingerprint density at radius 3 is 2.80 bits per heavy atom. The molecule has 0 radical (unpaired) electrons. The quantitative estimate of drug-likeness (QED) is 0.888. The molecular weight excluding hydrogens is 267 g/mol. The smallest absolute Gasteiger partial charge is 0.380 e. The summed E-state index contributed by atoms with van der Waals surface area (Å²) >= 11 is 0. The van der Waals surface area contributed by atoms with Crippen LogP contribution >= 0.6 is 0 Å². The van der Waals surface area contributed by atoms with Gasteiger partial charge in [0, 0.05) is 29.9 Å². The van der Waals surface area contributed by atoms with E-state index in [-0.39, 0.29) is 11.6 Å². The topological polar surface area (TPSA) is 37.0 Å². The molecule has 0 unspecified atom stereocenters. The lowest BCUT2D eigenvalue weighted by molar-refractivity contribution is -0.136. The van der Waals surface area contributed by atoms with Crippen LogP contribution in [0.15, 0.2) is 30.5 Å². The van der Waals surface area contributed by atoms with Crippen LogP contribution in [-0.2, 0) is 6.18 Å². The number of pyridine rings is 1. The van der Waals surface area contributed by atoms with Crippen molar-refractivity contribution in [3.05, 3.63) is 36.0 Å². The molecule has 1 saturated heterocycles. The van der Waals surface area contributed by atoms with Gasteiger partial charge in [0.1, 0.15) is 0 Å². The van der Waals surface area contributed by atoms with E-state index in [1.165, 1.54) is 12.3 Å². The summed E-state index contributed by atoms with van der Waals surface area (Å²) in [5.41, 5.74) is 0.00829. The molecule has 2 N–H and O–H groups in total. The Balaban J connectivity index is 2.05. The van der Waals surface area contributed by atoms with Crippen molar-refractivity contribution in [1.82, 2.24) is 10.3 Å². The van der Waals surface area contributed by atoms with Gasteiger partial charge < -0.3 is 10.6 Å². The molecule has 106 valence electrons. The largest absolute Gasteiger partial charge is 0.418 e. The number of rotatable bonds is 2. The van der Waals surface area contributed by atoms with Crippen molar-refractivity contribution in [2.45, 2.75) is 18.6 Å². The second kappa shape index (κ2) is 4.94.